The van der Waals surface area contributed by atoms with Crippen molar-refractivity contribution in [2.75, 3.05) is 0 Å². The minimum Gasteiger partial charge on any atom is -0.309 e. The molecule has 0 saturated heterocycles. The second kappa shape index (κ2) is 6.92. The highest BCUT2D eigenvalue weighted by atomic mass is 15.0. The molecule has 196 valence electrons. The van der Waals surface area contributed by atoms with E-state index in [1.165, 1.54) is 93.6 Å². The molecule has 0 N–H and O–H groups in total. The highest BCUT2D eigenvalue weighted by Crippen LogP contribution is 2.58. The Morgan fingerprint density at radius 1 is 0.634 bits per heavy atom. The molecular weight excluding hydrogens is 494 g/mol. The van der Waals surface area contributed by atoms with Crippen LogP contribution in [0.4, 0.5) is 0 Å². The number of nitrogens with zero attached hydrogens (tertiary/aromatic N) is 1. The fourth-order valence-corrected chi connectivity index (χ4v) is 8.98. The molecule has 1 nitrogen and oxygen atoms in total. The van der Waals surface area contributed by atoms with Crippen molar-refractivity contribution >= 4 is 48.8 Å². The van der Waals surface area contributed by atoms with Crippen molar-refractivity contribution in [1.29, 1.82) is 0 Å². The summed E-state index contributed by atoms with van der Waals surface area (Å²) in [6.45, 7) is 9.77. The van der Waals surface area contributed by atoms with Crippen LogP contribution in [0.5, 0.6) is 0 Å². The maximum Gasteiger partial charge on any atom is 0.0538 e. The average Bonchev–Trinajstić information content (AvgIpc) is 3.43. The monoisotopic (exact) mass is 525 g/mol. The van der Waals surface area contributed by atoms with E-state index in [1.807, 2.05) is 0 Å². The zero-order chi connectivity index (χ0) is 27.4. The minimum absolute atomic E-state index is 0.0689. The summed E-state index contributed by atoms with van der Waals surface area (Å²) in [5.74, 6) is 0. The number of hydrogen-bond donors (Lipinski definition) is 0. The summed E-state index contributed by atoms with van der Waals surface area (Å²) in [7, 11) is 0. The Kier molecular flexibility index (Phi) is 3.77. The molecule has 0 saturated carbocycles. The van der Waals surface area contributed by atoms with Crippen LogP contribution in [-0.4, -0.2) is 4.57 Å². The van der Waals surface area contributed by atoms with Gasteiger partial charge in [0.1, 0.15) is 0 Å². The van der Waals surface area contributed by atoms with E-state index in [-0.39, 0.29) is 10.8 Å². The number of benzene rings is 6. The number of para-hydroxylation sites is 1. The van der Waals surface area contributed by atoms with Gasteiger partial charge in [0.2, 0.25) is 0 Å². The third-order valence-corrected chi connectivity index (χ3v) is 11.0. The fourth-order valence-electron chi connectivity index (χ4n) is 8.98. The second-order valence-corrected chi connectivity index (χ2v) is 13.7. The smallest absolute Gasteiger partial charge is 0.0538 e. The van der Waals surface area contributed by atoms with Crippen molar-refractivity contribution in [1.82, 2.24) is 4.57 Å². The molecule has 2 heterocycles. The molecule has 1 aliphatic heterocycles. The van der Waals surface area contributed by atoms with Crippen LogP contribution in [0.2, 0.25) is 0 Å². The maximum atomic E-state index is 2.61. The largest absolute Gasteiger partial charge is 0.309 e. The number of rotatable bonds is 0. The van der Waals surface area contributed by atoms with Crippen molar-refractivity contribution < 1.29 is 0 Å². The number of aromatic nitrogens is 1. The normalized spacial score (nSPS) is 17.6. The van der Waals surface area contributed by atoms with Gasteiger partial charge in [0.25, 0.3) is 0 Å². The SMILES string of the molecule is CC1(C)C2=CCCc3c2n(c2ccccc32)-c2cc3c(cc21)-c1c(cc2ccc4cccc5ccc1c2c45)C3(C)C. The zero-order valence-electron chi connectivity index (χ0n) is 24.0. The standard InChI is InChI=1S/C40H31N/c1-39(2)29-13-8-12-26-25-11-5-6-14-33(25)41(38(26)29)34-21-30-28(20-31(34)39)37-27-18-17-23-10-7-9-22-15-16-24(36(27)35(22)23)19-32(37)40(30,3)4/h5-7,9-11,13-21H,8,12H2,1-4H3. The molecule has 0 radical (unpaired) electrons. The third-order valence-electron chi connectivity index (χ3n) is 11.0. The van der Waals surface area contributed by atoms with Crippen molar-refractivity contribution in [3.8, 4) is 16.8 Å². The first-order valence-corrected chi connectivity index (χ1v) is 15.1. The molecule has 0 atom stereocenters. The van der Waals surface area contributed by atoms with Gasteiger partial charge < -0.3 is 4.57 Å². The summed E-state index contributed by atoms with van der Waals surface area (Å²) in [6.07, 6.45) is 4.77. The van der Waals surface area contributed by atoms with Gasteiger partial charge in [0, 0.05) is 16.2 Å². The topological polar surface area (TPSA) is 4.93 Å². The first kappa shape index (κ1) is 22.3. The van der Waals surface area contributed by atoms with E-state index in [4.69, 9.17) is 0 Å². The van der Waals surface area contributed by atoms with Crippen LogP contribution >= 0.6 is 0 Å². The summed E-state index contributed by atoms with van der Waals surface area (Å²) < 4.78 is 2.61. The first-order valence-electron chi connectivity index (χ1n) is 15.1. The van der Waals surface area contributed by atoms with Crippen molar-refractivity contribution in [3.05, 3.63) is 119 Å². The summed E-state index contributed by atoms with van der Waals surface area (Å²) in [4.78, 5) is 0. The van der Waals surface area contributed by atoms with Gasteiger partial charge in [-0.05, 0) is 108 Å². The zero-order valence-corrected chi connectivity index (χ0v) is 24.0. The predicted octanol–water partition coefficient (Wildman–Crippen LogP) is 10.5. The van der Waals surface area contributed by atoms with E-state index in [0.29, 0.717) is 0 Å². The van der Waals surface area contributed by atoms with Gasteiger partial charge in [-0.3, -0.25) is 0 Å². The minimum atomic E-state index is -0.0899. The molecule has 0 fully saturated rings. The molecule has 41 heavy (non-hydrogen) atoms. The van der Waals surface area contributed by atoms with E-state index in [9.17, 15) is 0 Å². The molecule has 2 aliphatic carbocycles. The highest BCUT2D eigenvalue weighted by molar-refractivity contribution is 6.26. The molecule has 6 aromatic carbocycles. The Morgan fingerprint density at radius 3 is 2.27 bits per heavy atom. The van der Waals surface area contributed by atoms with Crippen molar-refractivity contribution in [3.63, 3.8) is 0 Å². The van der Waals surface area contributed by atoms with Crippen LogP contribution in [0.1, 0.15) is 62.1 Å². The molecular formula is C40H31N. The van der Waals surface area contributed by atoms with E-state index in [1.54, 1.807) is 0 Å². The van der Waals surface area contributed by atoms with Gasteiger partial charge in [-0.2, -0.15) is 0 Å². The third kappa shape index (κ3) is 2.44. The molecule has 1 aromatic heterocycles. The lowest BCUT2D eigenvalue weighted by Gasteiger charge is -2.39. The van der Waals surface area contributed by atoms with Gasteiger partial charge in [-0.25, -0.2) is 0 Å². The Hall–Kier alpha value is -4.36. The van der Waals surface area contributed by atoms with Crippen LogP contribution in [0.15, 0.2) is 91.0 Å². The van der Waals surface area contributed by atoms with Gasteiger partial charge in [-0.1, -0.05) is 94.4 Å². The lowest BCUT2D eigenvalue weighted by molar-refractivity contribution is 0.642. The second-order valence-electron chi connectivity index (χ2n) is 13.7. The summed E-state index contributed by atoms with van der Waals surface area (Å²) >= 11 is 0. The Balaban J connectivity index is 1.37. The maximum absolute atomic E-state index is 2.61. The van der Waals surface area contributed by atoms with Crippen LogP contribution in [-0.2, 0) is 17.3 Å². The van der Waals surface area contributed by atoms with E-state index >= 15 is 0 Å². The highest BCUT2D eigenvalue weighted by Gasteiger charge is 2.44. The first-order chi connectivity index (χ1) is 19.9. The molecule has 3 aliphatic rings. The predicted molar refractivity (Wildman–Crippen MR) is 174 cm³/mol. The van der Waals surface area contributed by atoms with Gasteiger partial charge in [0.15, 0.2) is 0 Å². The molecule has 10 rings (SSSR count). The number of hydrogen-bond acceptors (Lipinski definition) is 0. The number of fused-ring (bicyclic) bond motifs is 9. The molecule has 7 aromatic rings. The van der Waals surface area contributed by atoms with Crippen LogP contribution in [0, 0.1) is 0 Å². The molecule has 1 heteroatoms. The van der Waals surface area contributed by atoms with Crippen LogP contribution < -0.4 is 0 Å². The molecule has 0 spiro atoms. The number of allylic oxidation sites excluding steroid dienone is 2. The van der Waals surface area contributed by atoms with Gasteiger partial charge in [0.05, 0.1) is 16.9 Å². The summed E-state index contributed by atoms with van der Waals surface area (Å²) in [5, 5.41) is 9.65. The van der Waals surface area contributed by atoms with Crippen molar-refractivity contribution in [2.45, 2.75) is 51.4 Å². The molecule has 0 amide bonds. The summed E-state index contributed by atoms with van der Waals surface area (Å²) in [6, 6.07) is 32.8. The lowest BCUT2D eigenvalue weighted by Crippen LogP contribution is -2.30. The molecule has 0 unspecified atom stereocenters. The number of aryl methyl sites for hydroxylation is 1. The summed E-state index contributed by atoms with van der Waals surface area (Å²) in [5.41, 5.74) is 14.2. The average molecular weight is 526 g/mol. The quantitative estimate of drug-likeness (QED) is 0.174. The van der Waals surface area contributed by atoms with E-state index in [2.05, 4.69) is 123 Å². The lowest BCUT2D eigenvalue weighted by atomic mass is 9.69. The molecule has 0 bridgehead atoms. The van der Waals surface area contributed by atoms with Crippen LogP contribution in [0.25, 0.3) is 65.6 Å². The van der Waals surface area contributed by atoms with E-state index in [0.717, 1.165) is 12.8 Å². The Bertz CT molecular complexity index is 2340. The van der Waals surface area contributed by atoms with Gasteiger partial charge in [-0.15, -0.1) is 0 Å². The fraction of sp³-hybridized carbons (Fsp3) is 0.200. The van der Waals surface area contributed by atoms with Crippen molar-refractivity contribution in [2.24, 2.45) is 0 Å². The van der Waals surface area contributed by atoms with Crippen LogP contribution in [0.3, 0.4) is 0 Å². The van der Waals surface area contributed by atoms with E-state index < -0.39 is 0 Å². The Morgan fingerprint density at radius 2 is 1.41 bits per heavy atom. The Labute approximate surface area is 240 Å². The van der Waals surface area contributed by atoms with Gasteiger partial charge >= 0.3 is 0 Å².